The molecule has 0 saturated heterocycles. The van der Waals surface area contributed by atoms with Gasteiger partial charge >= 0.3 is 0 Å². The van der Waals surface area contributed by atoms with Crippen molar-refractivity contribution in [2.75, 3.05) is 7.05 Å². The molecule has 1 aromatic carbocycles. The van der Waals surface area contributed by atoms with Crippen LogP contribution < -0.4 is 0 Å². The Hall–Kier alpha value is -1.68. The lowest BCUT2D eigenvalue weighted by Crippen LogP contribution is -2.24. The summed E-state index contributed by atoms with van der Waals surface area (Å²) in [6, 6.07) is 4.77. The van der Waals surface area contributed by atoms with Gasteiger partial charge in [0, 0.05) is 7.05 Å². The number of aliphatic hydroxyl groups excluding tert-OH is 1. The van der Waals surface area contributed by atoms with Crippen LogP contribution in [0, 0.1) is 0 Å². The summed E-state index contributed by atoms with van der Waals surface area (Å²) >= 11 is 0. The molecule has 2 amide bonds. The predicted molar refractivity (Wildman–Crippen MR) is 48.8 cm³/mol. The third-order valence-corrected chi connectivity index (χ3v) is 2.34. The first-order valence-corrected chi connectivity index (χ1v) is 4.21. The Labute approximate surface area is 80.8 Å². The highest BCUT2D eigenvalue weighted by atomic mass is 16.3. The Morgan fingerprint density at radius 2 is 1.86 bits per heavy atom. The van der Waals surface area contributed by atoms with E-state index in [0.29, 0.717) is 16.7 Å². The molecule has 1 aromatic rings. The second-order valence-corrected chi connectivity index (χ2v) is 3.21. The topological polar surface area (TPSA) is 57.6 Å². The van der Waals surface area contributed by atoms with E-state index in [1.54, 1.807) is 18.2 Å². The van der Waals surface area contributed by atoms with Gasteiger partial charge in [0.25, 0.3) is 11.8 Å². The molecule has 0 fully saturated rings. The predicted octanol–water partition coefficient (Wildman–Crippen LogP) is 0.405. The van der Waals surface area contributed by atoms with Gasteiger partial charge in [-0.05, 0) is 17.7 Å². The zero-order valence-corrected chi connectivity index (χ0v) is 7.65. The monoisotopic (exact) mass is 191 g/mol. The normalized spacial score (nSPS) is 14.9. The van der Waals surface area contributed by atoms with E-state index in [9.17, 15) is 9.59 Å². The number of carbonyl (C=O) groups excluding carboxylic acids is 2. The van der Waals surface area contributed by atoms with Gasteiger partial charge < -0.3 is 5.11 Å². The van der Waals surface area contributed by atoms with Crippen molar-refractivity contribution in [2.45, 2.75) is 6.61 Å². The largest absolute Gasteiger partial charge is 0.392 e. The molecule has 72 valence electrons. The minimum absolute atomic E-state index is 0.127. The molecule has 14 heavy (non-hydrogen) atoms. The minimum Gasteiger partial charge on any atom is -0.392 e. The third-order valence-electron chi connectivity index (χ3n) is 2.34. The maximum atomic E-state index is 11.5. The Kier molecular flexibility index (Phi) is 1.86. The molecule has 0 bridgehead atoms. The summed E-state index contributed by atoms with van der Waals surface area (Å²) in [4.78, 5) is 24.0. The summed E-state index contributed by atoms with van der Waals surface area (Å²) in [7, 11) is 1.45. The van der Waals surface area contributed by atoms with E-state index in [-0.39, 0.29) is 18.4 Å². The van der Waals surface area contributed by atoms with Gasteiger partial charge in [0.15, 0.2) is 0 Å². The second-order valence-electron chi connectivity index (χ2n) is 3.21. The van der Waals surface area contributed by atoms with Crippen LogP contribution in [0.3, 0.4) is 0 Å². The first-order valence-electron chi connectivity index (χ1n) is 4.21. The lowest BCUT2D eigenvalue weighted by molar-refractivity contribution is 0.0693. The molecule has 2 rings (SSSR count). The molecule has 4 nitrogen and oxygen atoms in total. The highest BCUT2D eigenvalue weighted by molar-refractivity contribution is 6.21. The molecule has 1 N–H and O–H groups in total. The highest BCUT2D eigenvalue weighted by Gasteiger charge is 2.32. The number of hydrogen-bond donors (Lipinski definition) is 1. The zero-order valence-electron chi connectivity index (χ0n) is 7.65. The molecule has 0 spiro atoms. The number of fused-ring (bicyclic) bond motifs is 1. The fourth-order valence-corrected chi connectivity index (χ4v) is 1.51. The van der Waals surface area contributed by atoms with Crippen molar-refractivity contribution in [3.63, 3.8) is 0 Å². The van der Waals surface area contributed by atoms with Gasteiger partial charge in [0.1, 0.15) is 0 Å². The fourth-order valence-electron chi connectivity index (χ4n) is 1.51. The molecule has 0 unspecified atom stereocenters. The number of imide groups is 1. The standard InChI is InChI=1S/C10H9NO3/c1-11-9(13)7-3-2-6(5-12)4-8(7)10(11)14/h2-4,12H,5H2,1H3. The fraction of sp³-hybridized carbons (Fsp3) is 0.200. The Bertz CT molecular complexity index is 425. The average molecular weight is 191 g/mol. The first-order chi connectivity index (χ1) is 6.65. The van der Waals surface area contributed by atoms with Crippen molar-refractivity contribution in [3.8, 4) is 0 Å². The maximum Gasteiger partial charge on any atom is 0.261 e. The summed E-state index contributed by atoms with van der Waals surface area (Å²) in [5, 5.41) is 8.88. The van der Waals surface area contributed by atoms with Gasteiger partial charge in [0.05, 0.1) is 17.7 Å². The van der Waals surface area contributed by atoms with Crippen molar-refractivity contribution in [3.05, 3.63) is 34.9 Å². The molecule has 0 saturated carbocycles. The van der Waals surface area contributed by atoms with Crippen LogP contribution in [0.4, 0.5) is 0 Å². The number of benzene rings is 1. The molecule has 1 heterocycles. The summed E-state index contributed by atoms with van der Waals surface area (Å²) in [5.74, 6) is -0.588. The number of carbonyl (C=O) groups is 2. The smallest absolute Gasteiger partial charge is 0.261 e. The molecule has 0 radical (unpaired) electrons. The number of amides is 2. The quantitative estimate of drug-likeness (QED) is 0.654. The maximum absolute atomic E-state index is 11.5. The number of nitrogens with zero attached hydrogens (tertiary/aromatic N) is 1. The van der Waals surface area contributed by atoms with Crippen molar-refractivity contribution in [2.24, 2.45) is 0 Å². The summed E-state index contributed by atoms with van der Waals surface area (Å²) in [5.41, 5.74) is 1.43. The van der Waals surface area contributed by atoms with E-state index in [4.69, 9.17) is 5.11 Å². The van der Waals surface area contributed by atoms with E-state index >= 15 is 0 Å². The molecular weight excluding hydrogens is 182 g/mol. The van der Waals surface area contributed by atoms with Gasteiger partial charge in [-0.25, -0.2) is 0 Å². The van der Waals surface area contributed by atoms with Crippen LogP contribution in [0.15, 0.2) is 18.2 Å². The van der Waals surface area contributed by atoms with Crippen molar-refractivity contribution in [1.29, 1.82) is 0 Å². The van der Waals surface area contributed by atoms with Gasteiger partial charge in [-0.2, -0.15) is 0 Å². The summed E-state index contributed by atoms with van der Waals surface area (Å²) in [6.45, 7) is -0.127. The van der Waals surface area contributed by atoms with Crippen LogP contribution in [-0.2, 0) is 6.61 Å². The van der Waals surface area contributed by atoms with E-state index in [1.165, 1.54) is 7.05 Å². The first kappa shape index (κ1) is 8.90. The van der Waals surface area contributed by atoms with Crippen molar-refractivity contribution < 1.29 is 14.7 Å². The molecular formula is C10H9NO3. The Balaban J connectivity index is 2.59. The van der Waals surface area contributed by atoms with Gasteiger partial charge in [-0.15, -0.1) is 0 Å². The van der Waals surface area contributed by atoms with Crippen LogP contribution in [0.2, 0.25) is 0 Å². The van der Waals surface area contributed by atoms with Gasteiger partial charge in [-0.3, -0.25) is 14.5 Å². The number of rotatable bonds is 1. The SMILES string of the molecule is CN1C(=O)c2ccc(CO)cc2C1=O. The molecule has 1 aliphatic heterocycles. The van der Waals surface area contributed by atoms with Crippen LogP contribution in [-0.4, -0.2) is 28.9 Å². The van der Waals surface area contributed by atoms with Crippen LogP contribution in [0.1, 0.15) is 26.3 Å². The Morgan fingerprint density at radius 3 is 2.50 bits per heavy atom. The summed E-state index contributed by atoms with van der Waals surface area (Å²) < 4.78 is 0. The van der Waals surface area contributed by atoms with E-state index in [2.05, 4.69) is 0 Å². The van der Waals surface area contributed by atoms with Gasteiger partial charge in [0.2, 0.25) is 0 Å². The van der Waals surface area contributed by atoms with Crippen LogP contribution >= 0.6 is 0 Å². The highest BCUT2D eigenvalue weighted by Crippen LogP contribution is 2.22. The van der Waals surface area contributed by atoms with Gasteiger partial charge in [-0.1, -0.05) is 6.07 Å². The lowest BCUT2D eigenvalue weighted by atomic mass is 10.1. The lowest BCUT2D eigenvalue weighted by Gasteiger charge is -2.02. The van der Waals surface area contributed by atoms with Crippen molar-refractivity contribution in [1.82, 2.24) is 4.90 Å². The number of aliphatic hydroxyl groups is 1. The third kappa shape index (κ3) is 1.04. The Morgan fingerprint density at radius 1 is 1.21 bits per heavy atom. The molecule has 1 aliphatic rings. The zero-order chi connectivity index (χ0) is 10.3. The van der Waals surface area contributed by atoms with E-state index < -0.39 is 0 Å². The molecule has 0 aliphatic carbocycles. The van der Waals surface area contributed by atoms with Crippen LogP contribution in [0.25, 0.3) is 0 Å². The van der Waals surface area contributed by atoms with E-state index in [0.717, 1.165) is 4.90 Å². The average Bonchev–Trinajstić information content (AvgIpc) is 2.44. The van der Waals surface area contributed by atoms with Crippen molar-refractivity contribution >= 4 is 11.8 Å². The summed E-state index contributed by atoms with van der Waals surface area (Å²) in [6.07, 6.45) is 0. The second kappa shape index (κ2) is 2.92. The molecule has 4 heteroatoms. The molecule has 0 atom stereocenters. The molecule has 0 aromatic heterocycles. The number of hydrogen-bond acceptors (Lipinski definition) is 3. The van der Waals surface area contributed by atoms with E-state index in [1.807, 2.05) is 0 Å². The minimum atomic E-state index is -0.305. The van der Waals surface area contributed by atoms with Crippen LogP contribution in [0.5, 0.6) is 0 Å².